The van der Waals surface area contributed by atoms with Crippen molar-refractivity contribution in [3.8, 4) is 0 Å². The summed E-state index contributed by atoms with van der Waals surface area (Å²) in [5.41, 5.74) is 1.26. The second kappa shape index (κ2) is 6.28. The van der Waals surface area contributed by atoms with Gasteiger partial charge in [0.05, 0.1) is 16.1 Å². The standard InChI is InChI=1S/C20H38Si2/c1-19(2,3)21(7,8)17-13-11-12-14-18(16-15-17)22(9,10)20(4,5)6/h11-18H,1-10H3/b13-11-,14-12-,16-15-. The smallest absolute Gasteiger partial charge is 0.0641 e. The Morgan fingerprint density at radius 3 is 1.05 bits per heavy atom. The van der Waals surface area contributed by atoms with Crippen molar-refractivity contribution in [1.29, 1.82) is 0 Å². The van der Waals surface area contributed by atoms with E-state index in [0.717, 1.165) is 0 Å². The van der Waals surface area contributed by atoms with E-state index >= 15 is 0 Å². The van der Waals surface area contributed by atoms with Gasteiger partial charge in [0.25, 0.3) is 0 Å². The Labute approximate surface area is 141 Å². The molecule has 0 heterocycles. The number of hydrogen-bond donors (Lipinski definition) is 0. The van der Waals surface area contributed by atoms with E-state index in [-0.39, 0.29) is 0 Å². The minimum absolute atomic E-state index is 0.418. The predicted molar refractivity (Wildman–Crippen MR) is 109 cm³/mol. The van der Waals surface area contributed by atoms with E-state index in [9.17, 15) is 0 Å². The molecule has 0 aromatic carbocycles. The van der Waals surface area contributed by atoms with Crippen molar-refractivity contribution in [2.75, 3.05) is 0 Å². The molecule has 2 atom stereocenters. The summed E-state index contributed by atoms with van der Waals surface area (Å²) in [4.78, 5) is 0. The SMILES string of the molecule is CC(C)(C)[Si](C)(C)C1/C=C\C=C/C([Si](C)(C)C(C)(C)C)/C=C\1. The third kappa shape index (κ3) is 3.94. The molecule has 126 valence electrons. The Bertz CT molecular complexity index is 421. The molecule has 1 aliphatic rings. The first kappa shape index (κ1) is 19.7. The molecule has 2 unspecified atom stereocenters. The van der Waals surface area contributed by atoms with E-state index < -0.39 is 16.1 Å². The molecule has 0 radical (unpaired) electrons. The molecule has 0 amide bonds. The van der Waals surface area contributed by atoms with E-state index in [1.54, 1.807) is 0 Å². The van der Waals surface area contributed by atoms with Crippen LogP contribution in [0.2, 0.25) is 47.3 Å². The maximum absolute atomic E-state index is 2.54. The lowest BCUT2D eigenvalue weighted by Crippen LogP contribution is -2.42. The molecule has 0 bridgehead atoms. The molecule has 1 rings (SSSR count). The maximum atomic E-state index is 2.54. The molecule has 22 heavy (non-hydrogen) atoms. The van der Waals surface area contributed by atoms with E-state index in [2.05, 4.69) is 104 Å². The molecule has 0 aliphatic heterocycles. The topological polar surface area (TPSA) is 0 Å². The van der Waals surface area contributed by atoms with Crippen molar-refractivity contribution >= 4 is 16.1 Å². The van der Waals surface area contributed by atoms with Gasteiger partial charge in [-0.3, -0.25) is 0 Å². The first-order chi connectivity index (χ1) is 9.71. The van der Waals surface area contributed by atoms with Gasteiger partial charge in [0.2, 0.25) is 0 Å². The van der Waals surface area contributed by atoms with Gasteiger partial charge in [-0.25, -0.2) is 0 Å². The van der Waals surface area contributed by atoms with Crippen LogP contribution in [-0.2, 0) is 0 Å². The largest absolute Gasteiger partial charge is 0.0840 e. The highest BCUT2D eigenvalue weighted by Gasteiger charge is 2.42. The van der Waals surface area contributed by atoms with Crippen LogP contribution in [0.15, 0.2) is 36.5 Å². The summed E-state index contributed by atoms with van der Waals surface area (Å²) in [6.45, 7) is 24.7. The highest BCUT2D eigenvalue weighted by molar-refractivity contribution is 6.83. The fraction of sp³-hybridized carbons (Fsp3) is 0.700. The minimum Gasteiger partial charge on any atom is -0.0840 e. The van der Waals surface area contributed by atoms with E-state index in [1.807, 2.05) is 0 Å². The Hall–Kier alpha value is -0.346. The molecule has 0 aromatic heterocycles. The van der Waals surface area contributed by atoms with Gasteiger partial charge in [-0.2, -0.15) is 0 Å². The lowest BCUT2D eigenvalue weighted by atomic mass is 10.2. The highest BCUT2D eigenvalue weighted by atomic mass is 28.3. The Morgan fingerprint density at radius 2 is 0.818 bits per heavy atom. The summed E-state index contributed by atoms with van der Waals surface area (Å²) in [6, 6.07) is 0. The van der Waals surface area contributed by atoms with Gasteiger partial charge in [-0.15, -0.1) is 0 Å². The Balaban J connectivity index is 3.18. The van der Waals surface area contributed by atoms with E-state index in [0.29, 0.717) is 21.2 Å². The van der Waals surface area contributed by atoms with Gasteiger partial charge in [-0.1, -0.05) is 104 Å². The lowest BCUT2D eigenvalue weighted by molar-refractivity contribution is 0.707. The molecule has 0 spiro atoms. The normalized spacial score (nSPS) is 28.6. The zero-order valence-corrected chi connectivity index (χ0v) is 18.6. The third-order valence-corrected chi connectivity index (χ3v) is 18.6. The average Bonchev–Trinajstić information content (AvgIpc) is 2.24. The fourth-order valence-corrected chi connectivity index (χ4v) is 7.07. The van der Waals surface area contributed by atoms with E-state index in [1.165, 1.54) is 0 Å². The molecule has 0 fully saturated rings. The summed E-state index contributed by atoms with van der Waals surface area (Å²) in [5.74, 6) is 0. The van der Waals surface area contributed by atoms with Gasteiger partial charge in [-0.05, 0) is 21.2 Å². The van der Waals surface area contributed by atoms with Gasteiger partial charge < -0.3 is 0 Å². The molecule has 0 saturated carbocycles. The van der Waals surface area contributed by atoms with Crippen molar-refractivity contribution in [2.45, 2.75) is 88.9 Å². The van der Waals surface area contributed by atoms with Gasteiger partial charge >= 0.3 is 0 Å². The Morgan fingerprint density at radius 1 is 0.545 bits per heavy atom. The van der Waals surface area contributed by atoms with Gasteiger partial charge in [0.1, 0.15) is 0 Å². The molecule has 1 aliphatic carbocycles. The first-order valence-electron chi connectivity index (χ1n) is 8.74. The van der Waals surface area contributed by atoms with Crippen molar-refractivity contribution in [3.05, 3.63) is 36.5 Å². The summed E-state index contributed by atoms with van der Waals surface area (Å²) in [6.07, 6.45) is 14.6. The van der Waals surface area contributed by atoms with Crippen molar-refractivity contribution in [2.24, 2.45) is 0 Å². The van der Waals surface area contributed by atoms with Crippen molar-refractivity contribution in [3.63, 3.8) is 0 Å². The molecule has 0 aromatic rings. The van der Waals surface area contributed by atoms with Crippen LogP contribution in [-0.4, -0.2) is 16.1 Å². The Kier molecular flexibility index (Phi) is 5.62. The minimum atomic E-state index is -1.39. The summed E-state index contributed by atoms with van der Waals surface area (Å²) in [5, 5.41) is 0.837. The molecular weight excluding hydrogens is 296 g/mol. The van der Waals surface area contributed by atoms with Gasteiger partial charge in [0.15, 0.2) is 0 Å². The van der Waals surface area contributed by atoms with Crippen molar-refractivity contribution < 1.29 is 0 Å². The summed E-state index contributed by atoms with van der Waals surface area (Å²) in [7, 11) is -2.77. The van der Waals surface area contributed by atoms with E-state index in [4.69, 9.17) is 0 Å². The van der Waals surface area contributed by atoms with Crippen LogP contribution in [0.1, 0.15) is 41.5 Å². The van der Waals surface area contributed by atoms with Crippen LogP contribution >= 0.6 is 0 Å². The van der Waals surface area contributed by atoms with Gasteiger partial charge in [0, 0.05) is 0 Å². The van der Waals surface area contributed by atoms with Crippen LogP contribution in [0.3, 0.4) is 0 Å². The van der Waals surface area contributed by atoms with Crippen LogP contribution < -0.4 is 0 Å². The number of rotatable bonds is 2. The maximum Gasteiger partial charge on any atom is 0.0641 e. The van der Waals surface area contributed by atoms with Crippen LogP contribution in [0, 0.1) is 0 Å². The number of allylic oxidation sites excluding steroid dienone is 6. The second-order valence-electron chi connectivity index (χ2n) is 10.1. The lowest BCUT2D eigenvalue weighted by Gasteiger charge is -2.43. The number of hydrogen-bond acceptors (Lipinski definition) is 0. The van der Waals surface area contributed by atoms with Crippen LogP contribution in [0.25, 0.3) is 0 Å². The fourth-order valence-electron chi connectivity index (χ4n) is 2.70. The third-order valence-electron chi connectivity index (χ3n) is 6.81. The van der Waals surface area contributed by atoms with Crippen LogP contribution in [0.4, 0.5) is 0 Å². The van der Waals surface area contributed by atoms with Crippen molar-refractivity contribution in [1.82, 2.24) is 0 Å². The zero-order chi connectivity index (χ0) is 17.4. The molecular formula is C20H38Si2. The average molecular weight is 335 g/mol. The highest BCUT2D eigenvalue weighted by Crippen LogP contribution is 2.48. The monoisotopic (exact) mass is 334 g/mol. The molecule has 0 nitrogen and oxygen atoms in total. The molecule has 0 saturated heterocycles. The summed E-state index contributed by atoms with van der Waals surface area (Å²) >= 11 is 0. The second-order valence-corrected chi connectivity index (χ2v) is 21.4. The zero-order valence-electron chi connectivity index (χ0n) is 16.6. The summed E-state index contributed by atoms with van der Waals surface area (Å²) < 4.78 is 0. The quantitative estimate of drug-likeness (QED) is 0.364. The molecule has 2 heteroatoms. The first-order valence-corrected chi connectivity index (χ1v) is 14.9. The van der Waals surface area contributed by atoms with Crippen LogP contribution in [0.5, 0.6) is 0 Å². The predicted octanol–water partition coefficient (Wildman–Crippen LogP) is 7.43. The molecule has 0 N–H and O–H groups in total.